The Kier molecular flexibility index (Phi) is 2.03. The van der Waals surface area contributed by atoms with Gasteiger partial charge in [-0.25, -0.2) is 0 Å². The summed E-state index contributed by atoms with van der Waals surface area (Å²) in [5.74, 6) is 0. The largest absolute Gasteiger partial charge is 0.398 e. The van der Waals surface area contributed by atoms with E-state index >= 15 is 0 Å². The molecule has 3 nitrogen and oxygen atoms in total. The summed E-state index contributed by atoms with van der Waals surface area (Å²) in [6.07, 6.45) is 0. The molecule has 2 rings (SSSR count). The van der Waals surface area contributed by atoms with E-state index in [1.54, 1.807) is 18.5 Å². The predicted octanol–water partition coefficient (Wildman–Crippen LogP) is 1.74. The number of rotatable bonds is 0. The van der Waals surface area contributed by atoms with Gasteiger partial charge < -0.3 is 10.3 Å². The van der Waals surface area contributed by atoms with Gasteiger partial charge in [-0.1, -0.05) is 11.6 Å². The number of pyridine rings is 1. The van der Waals surface area contributed by atoms with E-state index < -0.39 is 0 Å². The second-order valence-electron chi connectivity index (χ2n) is 3.92. The van der Waals surface area contributed by atoms with E-state index in [1.807, 2.05) is 25.1 Å². The van der Waals surface area contributed by atoms with Crippen LogP contribution in [-0.2, 0) is 7.05 Å². The van der Waals surface area contributed by atoms with Gasteiger partial charge in [0, 0.05) is 23.7 Å². The fraction of sp³-hybridized carbons (Fsp3) is 0.250. The highest BCUT2D eigenvalue weighted by Gasteiger charge is 2.08. The van der Waals surface area contributed by atoms with Crippen LogP contribution in [0.5, 0.6) is 0 Å². The summed E-state index contributed by atoms with van der Waals surface area (Å²) in [4.78, 5) is 11.8. The molecule has 0 amide bonds. The van der Waals surface area contributed by atoms with Crippen LogP contribution in [0.4, 0.5) is 5.69 Å². The van der Waals surface area contributed by atoms with Gasteiger partial charge in [-0.15, -0.1) is 0 Å². The van der Waals surface area contributed by atoms with E-state index in [4.69, 9.17) is 5.73 Å². The number of nitrogens with zero attached hydrogens (tertiary/aromatic N) is 1. The molecular weight excluding hydrogens is 188 g/mol. The number of hydrogen-bond donors (Lipinski definition) is 1. The molecule has 0 aliphatic heterocycles. The van der Waals surface area contributed by atoms with Gasteiger partial charge in [-0.05, 0) is 26.0 Å². The Morgan fingerprint density at radius 1 is 1.27 bits per heavy atom. The molecule has 3 heteroatoms. The van der Waals surface area contributed by atoms with Gasteiger partial charge in [0.25, 0.3) is 5.56 Å². The van der Waals surface area contributed by atoms with Gasteiger partial charge in [-0.3, -0.25) is 4.79 Å². The van der Waals surface area contributed by atoms with Gasteiger partial charge in [0.2, 0.25) is 0 Å². The smallest absolute Gasteiger partial charge is 0.255 e. The number of hydrogen-bond acceptors (Lipinski definition) is 2. The van der Waals surface area contributed by atoms with E-state index in [1.165, 1.54) is 0 Å². The highest BCUT2D eigenvalue weighted by Crippen LogP contribution is 2.22. The van der Waals surface area contributed by atoms with E-state index in [2.05, 4.69) is 0 Å². The zero-order chi connectivity index (χ0) is 11.2. The molecule has 2 aromatic rings. The normalized spacial score (nSPS) is 10.9. The van der Waals surface area contributed by atoms with Gasteiger partial charge in [0.1, 0.15) is 0 Å². The molecule has 15 heavy (non-hydrogen) atoms. The number of nitrogen functional groups attached to an aromatic ring is 1. The minimum absolute atomic E-state index is 0.0242. The summed E-state index contributed by atoms with van der Waals surface area (Å²) in [6, 6.07) is 5.93. The summed E-state index contributed by atoms with van der Waals surface area (Å²) in [5.41, 5.74) is 9.16. The van der Waals surface area contributed by atoms with Crippen LogP contribution in [0.1, 0.15) is 11.1 Å². The van der Waals surface area contributed by atoms with Crippen molar-refractivity contribution in [3.05, 3.63) is 39.7 Å². The lowest BCUT2D eigenvalue weighted by Gasteiger charge is -2.10. The Morgan fingerprint density at radius 2 is 1.93 bits per heavy atom. The molecule has 0 saturated carbocycles. The maximum absolute atomic E-state index is 11.8. The van der Waals surface area contributed by atoms with Crippen LogP contribution in [0.2, 0.25) is 0 Å². The molecule has 0 bridgehead atoms. The van der Waals surface area contributed by atoms with Crippen LogP contribution in [0.3, 0.4) is 0 Å². The average molecular weight is 202 g/mol. The molecule has 0 atom stereocenters. The lowest BCUT2D eigenvalue weighted by Crippen LogP contribution is -2.21. The molecule has 0 saturated heterocycles. The number of aryl methyl sites for hydroxylation is 2. The number of fused-ring (bicyclic) bond motifs is 1. The second kappa shape index (κ2) is 3.12. The van der Waals surface area contributed by atoms with Crippen LogP contribution in [0, 0.1) is 13.8 Å². The summed E-state index contributed by atoms with van der Waals surface area (Å²) in [5, 5.41) is 0.953. The standard InChI is InChI=1S/C12H14N2O/c1-7-4-5-10-9(6-7)11(13)8(2)12(15)14(10)3/h4-6H,13H2,1-3H3. The fourth-order valence-corrected chi connectivity index (χ4v) is 1.84. The van der Waals surface area contributed by atoms with Crippen molar-refractivity contribution >= 4 is 16.6 Å². The first kappa shape index (κ1) is 9.77. The maximum Gasteiger partial charge on any atom is 0.255 e. The molecule has 0 aliphatic carbocycles. The first-order valence-electron chi connectivity index (χ1n) is 4.88. The topological polar surface area (TPSA) is 48.0 Å². The predicted molar refractivity (Wildman–Crippen MR) is 63.1 cm³/mol. The van der Waals surface area contributed by atoms with Crippen molar-refractivity contribution < 1.29 is 0 Å². The Labute approximate surface area is 88.1 Å². The van der Waals surface area contributed by atoms with E-state index in [-0.39, 0.29) is 5.56 Å². The minimum atomic E-state index is -0.0242. The summed E-state index contributed by atoms with van der Waals surface area (Å²) in [6.45, 7) is 3.78. The third-order valence-electron chi connectivity index (χ3n) is 2.83. The lowest BCUT2D eigenvalue weighted by atomic mass is 10.1. The van der Waals surface area contributed by atoms with E-state index in [0.717, 1.165) is 16.5 Å². The number of anilines is 1. The molecule has 78 valence electrons. The van der Waals surface area contributed by atoms with Crippen molar-refractivity contribution in [1.29, 1.82) is 0 Å². The van der Waals surface area contributed by atoms with Crippen molar-refractivity contribution in [2.75, 3.05) is 5.73 Å². The van der Waals surface area contributed by atoms with Crippen molar-refractivity contribution in [3.63, 3.8) is 0 Å². The molecule has 1 heterocycles. The molecule has 0 spiro atoms. The van der Waals surface area contributed by atoms with Crippen LogP contribution >= 0.6 is 0 Å². The third kappa shape index (κ3) is 1.31. The Bertz CT molecular complexity index is 597. The van der Waals surface area contributed by atoms with Gasteiger partial charge >= 0.3 is 0 Å². The lowest BCUT2D eigenvalue weighted by molar-refractivity contribution is 0.894. The highest BCUT2D eigenvalue weighted by molar-refractivity contribution is 5.92. The van der Waals surface area contributed by atoms with Crippen molar-refractivity contribution in [1.82, 2.24) is 4.57 Å². The second-order valence-corrected chi connectivity index (χ2v) is 3.92. The quantitative estimate of drug-likeness (QED) is 0.707. The SMILES string of the molecule is Cc1ccc2c(c1)c(N)c(C)c(=O)n2C. The molecule has 0 unspecified atom stereocenters. The van der Waals surface area contributed by atoms with E-state index in [9.17, 15) is 4.79 Å². The van der Waals surface area contributed by atoms with Gasteiger partial charge in [0.05, 0.1) is 5.52 Å². The maximum atomic E-state index is 11.8. The summed E-state index contributed by atoms with van der Waals surface area (Å²) < 4.78 is 1.64. The molecule has 0 radical (unpaired) electrons. The number of aromatic nitrogens is 1. The first-order chi connectivity index (χ1) is 7.02. The molecule has 1 aromatic heterocycles. The molecule has 0 aliphatic rings. The van der Waals surface area contributed by atoms with Crippen LogP contribution < -0.4 is 11.3 Å². The third-order valence-corrected chi connectivity index (χ3v) is 2.83. The van der Waals surface area contributed by atoms with Crippen LogP contribution in [0.15, 0.2) is 23.0 Å². The van der Waals surface area contributed by atoms with E-state index in [0.29, 0.717) is 11.3 Å². The van der Waals surface area contributed by atoms with Crippen molar-refractivity contribution in [2.24, 2.45) is 7.05 Å². The van der Waals surface area contributed by atoms with Gasteiger partial charge in [-0.2, -0.15) is 0 Å². The summed E-state index contributed by atoms with van der Waals surface area (Å²) >= 11 is 0. The average Bonchev–Trinajstić information content (AvgIpc) is 2.23. The van der Waals surface area contributed by atoms with Crippen LogP contribution in [-0.4, -0.2) is 4.57 Å². The Morgan fingerprint density at radius 3 is 2.60 bits per heavy atom. The Hall–Kier alpha value is -1.77. The zero-order valence-electron chi connectivity index (χ0n) is 9.16. The number of benzene rings is 1. The van der Waals surface area contributed by atoms with Crippen LogP contribution in [0.25, 0.3) is 10.9 Å². The molecule has 1 aromatic carbocycles. The monoisotopic (exact) mass is 202 g/mol. The fourth-order valence-electron chi connectivity index (χ4n) is 1.84. The minimum Gasteiger partial charge on any atom is -0.398 e. The summed E-state index contributed by atoms with van der Waals surface area (Å²) in [7, 11) is 1.77. The first-order valence-corrected chi connectivity index (χ1v) is 4.88. The number of nitrogens with two attached hydrogens (primary N) is 1. The highest BCUT2D eigenvalue weighted by atomic mass is 16.1. The molecule has 0 fully saturated rings. The van der Waals surface area contributed by atoms with Crippen molar-refractivity contribution in [3.8, 4) is 0 Å². The van der Waals surface area contributed by atoms with Crippen molar-refractivity contribution in [2.45, 2.75) is 13.8 Å². The molecular formula is C12H14N2O. The Balaban J connectivity index is 3.07. The molecule has 2 N–H and O–H groups in total. The van der Waals surface area contributed by atoms with Gasteiger partial charge in [0.15, 0.2) is 0 Å². The zero-order valence-corrected chi connectivity index (χ0v) is 9.16.